The first-order chi connectivity index (χ1) is 12.8. The maximum absolute atomic E-state index is 13.1. The fourth-order valence-electron chi connectivity index (χ4n) is 3.84. The molecule has 0 radical (unpaired) electrons. The van der Waals surface area contributed by atoms with Gasteiger partial charge in [0.05, 0.1) is 16.8 Å². The third-order valence-electron chi connectivity index (χ3n) is 5.19. The van der Waals surface area contributed by atoms with Crippen LogP contribution in [-0.2, 0) is 19.6 Å². The Bertz CT molecular complexity index is 813. The molecule has 0 bridgehead atoms. The van der Waals surface area contributed by atoms with Crippen LogP contribution in [-0.4, -0.2) is 33.7 Å². The molecule has 1 fully saturated rings. The molecule has 27 heavy (non-hydrogen) atoms. The van der Waals surface area contributed by atoms with Crippen LogP contribution in [0.15, 0.2) is 30.5 Å². The number of carbonyl (C=O) groups is 1. The van der Waals surface area contributed by atoms with Crippen molar-refractivity contribution in [3.8, 4) is 0 Å². The van der Waals surface area contributed by atoms with Crippen LogP contribution in [0.2, 0.25) is 0 Å². The van der Waals surface area contributed by atoms with Gasteiger partial charge in [0.1, 0.15) is 0 Å². The first-order valence-electron chi connectivity index (χ1n) is 9.20. The van der Waals surface area contributed by atoms with Crippen LogP contribution in [0.3, 0.4) is 0 Å². The Morgan fingerprint density at radius 3 is 2.70 bits per heavy atom. The number of aromatic nitrogens is 2. The minimum atomic E-state index is -4.33. The molecule has 1 atom stereocenters. The molecule has 2 aromatic rings. The summed E-state index contributed by atoms with van der Waals surface area (Å²) >= 11 is 0. The van der Waals surface area contributed by atoms with Crippen molar-refractivity contribution in [1.82, 2.24) is 14.7 Å². The highest BCUT2D eigenvalue weighted by atomic mass is 19.4. The molecule has 0 saturated carbocycles. The van der Waals surface area contributed by atoms with Crippen molar-refractivity contribution >= 4 is 5.91 Å². The maximum atomic E-state index is 13.1. The lowest BCUT2D eigenvalue weighted by Gasteiger charge is -2.33. The van der Waals surface area contributed by atoms with Crippen molar-refractivity contribution < 1.29 is 18.0 Å². The molecule has 1 aliphatic heterocycles. The Kier molecular flexibility index (Phi) is 5.58. The topological polar surface area (TPSA) is 38.1 Å². The van der Waals surface area contributed by atoms with E-state index in [0.717, 1.165) is 18.9 Å². The molecule has 0 aliphatic carbocycles. The minimum absolute atomic E-state index is 0.0407. The van der Waals surface area contributed by atoms with E-state index in [1.807, 2.05) is 11.8 Å². The van der Waals surface area contributed by atoms with E-state index in [1.54, 1.807) is 30.1 Å². The first-order valence-corrected chi connectivity index (χ1v) is 9.20. The zero-order chi connectivity index (χ0) is 19.6. The lowest BCUT2D eigenvalue weighted by Crippen LogP contribution is -2.40. The number of aryl methyl sites for hydroxylation is 3. The van der Waals surface area contributed by atoms with Gasteiger partial charge in [-0.1, -0.05) is 18.2 Å². The van der Waals surface area contributed by atoms with E-state index in [0.29, 0.717) is 42.8 Å². The zero-order valence-corrected chi connectivity index (χ0v) is 15.6. The Labute approximate surface area is 157 Å². The highest BCUT2D eigenvalue weighted by molar-refractivity contribution is 5.95. The summed E-state index contributed by atoms with van der Waals surface area (Å²) in [4.78, 5) is 14.6. The summed E-state index contributed by atoms with van der Waals surface area (Å²) in [5, 5.41) is 4.22. The number of nitrogens with zero attached hydrogens (tertiary/aromatic N) is 3. The zero-order valence-electron chi connectivity index (χ0n) is 15.6. The van der Waals surface area contributed by atoms with Crippen molar-refractivity contribution in [2.45, 2.75) is 38.8 Å². The predicted octanol–water partition coefficient (Wildman–Crippen LogP) is 4.23. The van der Waals surface area contributed by atoms with Crippen LogP contribution in [0, 0.1) is 12.8 Å². The molecule has 1 unspecified atom stereocenters. The number of amides is 1. The first kappa shape index (κ1) is 19.5. The van der Waals surface area contributed by atoms with Crippen molar-refractivity contribution in [2.24, 2.45) is 13.0 Å². The predicted molar refractivity (Wildman–Crippen MR) is 96.3 cm³/mol. The number of alkyl halides is 3. The highest BCUT2D eigenvalue weighted by Gasteiger charge is 2.33. The normalized spacial score (nSPS) is 18.0. The summed E-state index contributed by atoms with van der Waals surface area (Å²) in [7, 11) is 1.78. The van der Waals surface area contributed by atoms with Crippen molar-refractivity contribution in [3.05, 3.63) is 52.8 Å². The quantitative estimate of drug-likeness (QED) is 0.797. The molecule has 0 spiro atoms. The minimum Gasteiger partial charge on any atom is -0.338 e. The molecule has 7 heteroatoms. The number of hydrogen-bond acceptors (Lipinski definition) is 2. The van der Waals surface area contributed by atoms with Crippen LogP contribution in [0.25, 0.3) is 0 Å². The lowest BCUT2D eigenvalue weighted by molar-refractivity contribution is -0.138. The van der Waals surface area contributed by atoms with Gasteiger partial charge in [0, 0.05) is 26.3 Å². The fraction of sp³-hybridized carbons (Fsp3) is 0.500. The van der Waals surface area contributed by atoms with Gasteiger partial charge < -0.3 is 4.90 Å². The van der Waals surface area contributed by atoms with E-state index in [4.69, 9.17) is 0 Å². The smallest absolute Gasteiger partial charge is 0.338 e. The number of rotatable bonds is 4. The molecule has 1 aromatic heterocycles. The molecule has 0 N–H and O–H groups in total. The molecule has 3 rings (SSSR count). The van der Waals surface area contributed by atoms with E-state index in [2.05, 4.69) is 5.10 Å². The van der Waals surface area contributed by atoms with Gasteiger partial charge in [0.2, 0.25) is 0 Å². The summed E-state index contributed by atoms with van der Waals surface area (Å²) < 4.78 is 41.1. The molecular formula is C20H24F3N3O. The van der Waals surface area contributed by atoms with E-state index < -0.39 is 11.7 Å². The molecule has 1 aliphatic rings. The van der Waals surface area contributed by atoms with Crippen molar-refractivity contribution in [3.63, 3.8) is 0 Å². The highest BCUT2D eigenvalue weighted by Crippen LogP contribution is 2.33. The van der Waals surface area contributed by atoms with Crippen LogP contribution in [0.1, 0.15) is 46.4 Å². The van der Waals surface area contributed by atoms with Crippen molar-refractivity contribution in [2.75, 3.05) is 13.1 Å². The number of likely N-dealkylation sites (tertiary alicyclic amines) is 1. The average Bonchev–Trinajstić information content (AvgIpc) is 2.97. The van der Waals surface area contributed by atoms with Crippen LogP contribution in [0.5, 0.6) is 0 Å². The summed E-state index contributed by atoms with van der Waals surface area (Å²) in [5.41, 5.74) is 1.07. The van der Waals surface area contributed by atoms with Crippen LogP contribution < -0.4 is 0 Å². The van der Waals surface area contributed by atoms with Gasteiger partial charge in [-0.2, -0.15) is 18.3 Å². The standard InChI is InChI=1S/C20H24F3N3O/c1-14-17(13-25(2)24-14)19(27)26-11-5-6-15(12-26)9-10-16-7-3-4-8-18(16)20(21,22)23/h3-4,7-8,13,15H,5-6,9-12H2,1-2H3. The molecule has 1 saturated heterocycles. The van der Waals surface area contributed by atoms with E-state index >= 15 is 0 Å². The van der Waals surface area contributed by atoms with Gasteiger partial charge in [-0.3, -0.25) is 9.48 Å². The molecule has 146 valence electrons. The SMILES string of the molecule is Cc1nn(C)cc1C(=O)N1CCCC(CCc2ccccc2C(F)(F)F)C1. The molecular weight excluding hydrogens is 355 g/mol. The Morgan fingerprint density at radius 2 is 2.04 bits per heavy atom. The second kappa shape index (κ2) is 7.74. The lowest BCUT2D eigenvalue weighted by atomic mass is 9.90. The average molecular weight is 379 g/mol. The summed E-state index contributed by atoms with van der Waals surface area (Å²) in [6.45, 7) is 3.08. The number of hydrogen-bond donors (Lipinski definition) is 0. The molecule has 1 aromatic carbocycles. The molecule has 2 heterocycles. The third kappa shape index (κ3) is 4.51. The summed E-state index contributed by atoms with van der Waals surface area (Å²) in [6, 6.07) is 5.75. The maximum Gasteiger partial charge on any atom is 0.416 e. The third-order valence-corrected chi connectivity index (χ3v) is 5.19. The van der Waals surface area contributed by atoms with E-state index in [1.165, 1.54) is 6.07 Å². The Balaban J connectivity index is 1.64. The number of halogens is 3. The summed E-state index contributed by atoms with van der Waals surface area (Å²) in [6.07, 6.45) is 0.210. The number of carbonyl (C=O) groups excluding carboxylic acids is 1. The van der Waals surface area contributed by atoms with Crippen LogP contribution >= 0.6 is 0 Å². The largest absolute Gasteiger partial charge is 0.416 e. The van der Waals surface area contributed by atoms with E-state index in [-0.39, 0.29) is 11.8 Å². The van der Waals surface area contributed by atoms with Gasteiger partial charge in [0.15, 0.2) is 0 Å². The Morgan fingerprint density at radius 1 is 1.30 bits per heavy atom. The van der Waals surface area contributed by atoms with Crippen LogP contribution in [0.4, 0.5) is 13.2 Å². The number of piperidine rings is 1. The second-order valence-electron chi connectivity index (χ2n) is 7.25. The van der Waals surface area contributed by atoms with E-state index in [9.17, 15) is 18.0 Å². The van der Waals surface area contributed by atoms with Gasteiger partial charge >= 0.3 is 6.18 Å². The number of benzene rings is 1. The van der Waals surface area contributed by atoms with Gasteiger partial charge in [-0.05, 0) is 50.2 Å². The molecule has 1 amide bonds. The van der Waals surface area contributed by atoms with Crippen molar-refractivity contribution in [1.29, 1.82) is 0 Å². The second-order valence-corrected chi connectivity index (χ2v) is 7.25. The molecule has 4 nitrogen and oxygen atoms in total. The van der Waals surface area contributed by atoms with Gasteiger partial charge in [-0.15, -0.1) is 0 Å². The fourth-order valence-corrected chi connectivity index (χ4v) is 3.84. The Hall–Kier alpha value is -2.31. The van der Waals surface area contributed by atoms with Gasteiger partial charge in [-0.25, -0.2) is 0 Å². The monoisotopic (exact) mass is 379 g/mol. The summed E-state index contributed by atoms with van der Waals surface area (Å²) in [5.74, 6) is 0.168. The van der Waals surface area contributed by atoms with Gasteiger partial charge in [0.25, 0.3) is 5.91 Å².